The fourth-order valence-electron chi connectivity index (χ4n) is 2.57. The largest absolute Gasteiger partial charge is 0.391 e. The Morgan fingerprint density at radius 1 is 1.44 bits per heavy atom. The molecule has 0 spiro atoms. The molecule has 0 radical (unpaired) electrons. The highest BCUT2D eigenvalue weighted by Gasteiger charge is 2.32. The Balaban J connectivity index is 0.00000261. The maximum atomic E-state index is 13.4. The van der Waals surface area contributed by atoms with Crippen LogP contribution in [0.4, 0.5) is 4.39 Å². The van der Waals surface area contributed by atoms with E-state index in [0.717, 1.165) is 17.6 Å². The van der Waals surface area contributed by atoms with Crippen LogP contribution in [0, 0.1) is 17.7 Å². The van der Waals surface area contributed by atoms with E-state index >= 15 is 0 Å². The monoisotopic (exact) mass is 411 g/mol. The fraction of sp³-hybridized carbons (Fsp3) is 0.444. The number of halogens is 1. The molecule has 3 rings (SSSR count). The minimum absolute atomic E-state index is 0. The number of benzene rings is 1. The van der Waals surface area contributed by atoms with Gasteiger partial charge in [-0.2, -0.15) is 13.5 Å². The van der Waals surface area contributed by atoms with E-state index in [0.29, 0.717) is 30.0 Å². The second kappa shape index (κ2) is 8.87. The average molecular weight is 412 g/mol. The molecule has 1 unspecified atom stereocenters. The summed E-state index contributed by atoms with van der Waals surface area (Å²) in [6.45, 7) is 5.67. The number of hydrogen-bond acceptors (Lipinski definition) is 7. The minimum atomic E-state index is -0.363. The predicted molar refractivity (Wildman–Crippen MR) is 109 cm³/mol. The number of nitrogens with zero attached hydrogens (tertiary/aromatic N) is 3. The van der Waals surface area contributed by atoms with Crippen LogP contribution in [-0.4, -0.2) is 28.0 Å². The van der Waals surface area contributed by atoms with Gasteiger partial charge >= 0.3 is 0 Å². The molecule has 0 N–H and O–H groups in total. The van der Waals surface area contributed by atoms with Crippen molar-refractivity contribution in [3.8, 4) is 11.8 Å². The molecule has 1 aliphatic heterocycles. The molecule has 27 heavy (non-hydrogen) atoms. The topological polar surface area (TPSA) is 60.1 Å². The van der Waals surface area contributed by atoms with Gasteiger partial charge in [0.05, 0.1) is 12.5 Å². The van der Waals surface area contributed by atoms with Crippen molar-refractivity contribution in [1.82, 2.24) is 9.46 Å². The summed E-state index contributed by atoms with van der Waals surface area (Å²) in [5.41, 5.74) is 0.740. The van der Waals surface area contributed by atoms with Crippen molar-refractivity contribution in [2.45, 2.75) is 45.3 Å². The molecule has 0 amide bonds. The number of oxime groups is 1. The maximum absolute atomic E-state index is 13.4. The molecule has 1 aromatic heterocycles. The van der Waals surface area contributed by atoms with Gasteiger partial charge < -0.3 is 13.5 Å². The van der Waals surface area contributed by atoms with Gasteiger partial charge in [-0.05, 0) is 32.9 Å². The molecule has 146 valence electrons. The molecule has 2 aromatic rings. The zero-order valence-corrected chi connectivity index (χ0v) is 17.4. The van der Waals surface area contributed by atoms with Gasteiger partial charge in [0.25, 0.3) is 0 Å². The smallest absolute Gasteiger partial charge is 0.246 e. The van der Waals surface area contributed by atoms with Crippen LogP contribution in [-0.2, 0) is 9.02 Å². The fourth-order valence-corrected chi connectivity index (χ4v) is 3.14. The van der Waals surface area contributed by atoms with E-state index in [4.69, 9.17) is 13.5 Å². The Bertz CT molecular complexity index is 889. The summed E-state index contributed by atoms with van der Waals surface area (Å²) in [4.78, 5) is 5.30. The van der Waals surface area contributed by atoms with Gasteiger partial charge in [-0.1, -0.05) is 10.3 Å². The quantitative estimate of drug-likeness (QED) is 0.408. The third-order valence-corrected chi connectivity index (χ3v) is 4.67. The zero-order chi connectivity index (χ0) is 18.7. The Morgan fingerprint density at radius 2 is 2.22 bits per heavy atom. The summed E-state index contributed by atoms with van der Waals surface area (Å²) in [5.74, 6) is 6.12. The van der Waals surface area contributed by atoms with Crippen molar-refractivity contribution >= 4 is 42.6 Å². The Labute approximate surface area is 169 Å². The average Bonchev–Trinajstić information content (AvgIpc) is 3.16. The van der Waals surface area contributed by atoms with Gasteiger partial charge in [-0.3, -0.25) is 0 Å². The molecule has 1 atom stereocenters. The second-order valence-corrected chi connectivity index (χ2v) is 7.46. The molecule has 1 aromatic carbocycles. The molecule has 0 saturated carbocycles. The Morgan fingerprint density at radius 3 is 2.89 bits per heavy atom. The van der Waals surface area contributed by atoms with E-state index in [1.807, 2.05) is 25.2 Å². The molecule has 2 heterocycles. The highest BCUT2D eigenvalue weighted by Crippen LogP contribution is 2.34. The van der Waals surface area contributed by atoms with Gasteiger partial charge in [-0.15, -0.1) is 11.8 Å². The van der Waals surface area contributed by atoms with Gasteiger partial charge in [0.1, 0.15) is 29.3 Å². The molecule has 0 saturated heterocycles. The lowest BCUT2D eigenvalue weighted by atomic mass is 10.1. The lowest BCUT2D eigenvalue weighted by molar-refractivity contribution is 0.0123. The zero-order valence-electron chi connectivity index (χ0n) is 15.6. The summed E-state index contributed by atoms with van der Waals surface area (Å²) in [6.07, 6.45) is 1.12. The van der Waals surface area contributed by atoms with E-state index in [9.17, 15) is 4.39 Å². The Kier molecular flexibility index (Phi) is 7.03. The summed E-state index contributed by atoms with van der Waals surface area (Å²) in [7, 11) is 1.87. The van der Waals surface area contributed by atoms with Crippen molar-refractivity contribution in [3.05, 3.63) is 29.7 Å². The first-order chi connectivity index (χ1) is 12.4. The van der Waals surface area contributed by atoms with Gasteiger partial charge in [0, 0.05) is 24.9 Å². The van der Waals surface area contributed by atoms with E-state index < -0.39 is 0 Å². The maximum Gasteiger partial charge on any atom is 0.246 e. The minimum Gasteiger partial charge on any atom is -0.391 e. The van der Waals surface area contributed by atoms with Crippen molar-refractivity contribution < 1.29 is 17.9 Å². The number of aromatic nitrogens is 1. The number of fused-ring (bicyclic) bond motifs is 1. The van der Waals surface area contributed by atoms with E-state index in [1.54, 1.807) is 13.0 Å². The molecule has 0 bridgehead atoms. The summed E-state index contributed by atoms with van der Waals surface area (Å²) < 4.78 is 26.3. The summed E-state index contributed by atoms with van der Waals surface area (Å²) in [5, 5.41) is 8.84. The highest BCUT2D eigenvalue weighted by molar-refractivity contribution is 7.92. The van der Waals surface area contributed by atoms with Crippen molar-refractivity contribution in [3.63, 3.8) is 0 Å². The van der Waals surface area contributed by atoms with Gasteiger partial charge in [0.15, 0.2) is 5.58 Å². The van der Waals surface area contributed by atoms with Crippen LogP contribution in [0.2, 0.25) is 0 Å². The van der Waals surface area contributed by atoms with Crippen LogP contribution < -0.4 is 0 Å². The van der Waals surface area contributed by atoms with E-state index in [2.05, 4.69) is 22.2 Å². The van der Waals surface area contributed by atoms with Crippen LogP contribution in [0.5, 0.6) is 0 Å². The predicted octanol–water partition coefficient (Wildman–Crippen LogP) is 4.56. The molecule has 0 fully saturated rings. The molecular formula is C18H22FN3O3S2. The van der Waals surface area contributed by atoms with Gasteiger partial charge in [0.2, 0.25) is 5.90 Å². The summed E-state index contributed by atoms with van der Waals surface area (Å²) >= 11 is 1.14. The standard InChI is InChI=1S/C18H20FN3O3S.H2S/c1-5-6-7-14(17-13-9-8-12(19)10-15(13)23-21-17)22(4)26-24-16-11-18(2,3)25-20-16;/h8-10,14H,7,11H2,1-4H3;1H2. The molecule has 9 heteroatoms. The number of hydrogen-bond donors (Lipinski definition) is 0. The Hall–Kier alpha value is -1.89. The first-order valence-corrected chi connectivity index (χ1v) is 8.86. The van der Waals surface area contributed by atoms with Crippen molar-refractivity contribution in [2.24, 2.45) is 5.16 Å². The van der Waals surface area contributed by atoms with Crippen molar-refractivity contribution in [2.75, 3.05) is 7.05 Å². The molecule has 1 aliphatic rings. The highest BCUT2D eigenvalue weighted by atomic mass is 32.2. The van der Waals surface area contributed by atoms with Crippen LogP contribution in [0.3, 0.4) is 0 Å². The molecule has 0 aliphatic carbocycles. The lowest BCUT2D eigenvalue weighted by Crippen LogP contribution is -2.21. The first kappa shape index (κ1) is 21.4. The summed E-state index contributed by atoms with van der Waals surface area (Å²) in [6, 6.07) is 4.18. The lowest BCUT2D eigenvalue weighted by Gasteiger charge is -2.22. The molecular weight excluding hydrogens is 389 g/mol. The van der Waals surface area contributed by atoms with E-state index in [1.165, 1.54) is 12.1 Å². The van der Waals surface area contributed by atoms with E-state index in [-0.39, 0.29) is 31.0 Å². The van der Waals surface area contributed by atoms with Crippen LogP contribution in [0.1, 0.15) is 45.3 Å². The third-order valence-electron chi connectivity index (χ3n) is 3.91. The van der Waals surface area contributed by atoms with Gasteiger partial charge in [-0.25, -0.2) is 8.70 Å². The normalized spacial score (nSPS) is 16.1. The van der Waals surface area contributed by atoms with Crippen LogP contribution in [0.15, 0.2) is 27.9 Å². The second-order valence-electron chi connectivity index (χ2n) is 6.57. The van der Waals surface area contributed by atoms with Crippen LogP contribution >= 0.6 is 25.7 Å². The third kappa shape index (κ3) is 5.09. The SMILES string of the molecule is CC#CCC(c1noc2cc(F)ccc12)N(C)SOC1=NOC(C)(C)C1.S. The molecule has 6 nitrogen and oxygen atoms in total. The van der Waals surface area contributed by atoms with Crippen molar-refractivity contribution in [1.29, 1.82) is 0 Å². The van der Waals surface area contributed by atoms with Crippen LogP contribution in [0.25, 0.3) is 11.0 Å². The first-order valence-electron chi connectivity index (χ1n) is 8.16. The number of rotatable bonds is 5.